The highest BCUT2D eigenvalue weighted by molar-refractivity contribution is 5.93. The van der Waals surface area contributed by atoms with Gasteiger partial charge >= 0.3 is 0 Å². The molecule has 2 aliphatic heterocycles. The normalized spacial score (nSPS) is 23.7. The Balaban J connectivity index is 1.41. The summed E-state index contributed by atoms with van der Waals surface area (Å²) in [4.78, 5) is 33.8. The lowest BCUT2D eigenvalue weighted by molar-refractivity contribution is -0.134. The lowest BCUT2D eigenvalue weighted by Gasteiger charge is -2.21. The van der Waals surface area contributed by atoms with Gasteiger partial charge in [0, 0.05) is 37.6 Å². The summed E-state index contributed by atoms with van der Waals surface area (Å²) >= 11 is 0. The molecule has 0 unspecified atom stereocenters. The quantitative estimate of drug-likeness (QED) is 0.889. The summed E-state index contributed by atoms with van der Waals surface area (Å²) in [5.41, 5.74) is 2.28. The molecule has 2 atom stereocenters. The second-order valence-corrected chi connectivity index (χ2v) is 7.50. The number of pyridine rings is 1. The van der Waals surface area contributed by atoms with Crippen LogP contribution in [0.5, 0.6) is 0 Å². The van der Waals surface area contributed by atoms with Gasteiger partial charge in [0.1, 0.15) is 11.3 Å². The third-order valence-corrected chi connectivity index (χ3v) is 5.51. The van der Waals surface area contributed by atoms with Crippen molar-refractivity contribution in [3.63, 3.8) is 0 Å². The molecular formula is C19H25N5O2. The van der Waals surface area contributed by atoms with E-state index in [1.54, 1.807) is 6.20 Å². The standard InChI is InChI=1S/C19H25N5O2/c1-13-10-20-17-5-3-4-16(24(13)17)18(25)21-15-7-9-23(12-15)19(26)14-6-8-22(2)11-14/h3-5,10,14-15H,6-9,11-12H2,1-2H3,(H,21,25)/t14-,15+/m0/s1. The van der Waals surface area contributed by atoms with Crippen molar-refractivity contribution in [1.29, 1.82) is 0 Å². The molecule has 1 N–H and O–H groups in total. The number of hydrogen-bond acceptors (Lipinski definition) is 4. The largest absolute Gasteiger partial charge is 0.346 e. The van der Waals surface area contributed by atoms with E-state index in [1.165, 1.54) is 0 Å². The van der Waals surface area contributed by atoms with Gasteiger partial charge in [0.2, 0.25) is 5.91 Å². The fourth-order valence-electron chi connectivity index (χ4n) is 4.10. The first-order chi connectivity index (χ1) is 12.5. The molecule has 2 fully saturated rings. The summed E-state index contributed by atoms with van der Waals surface area (Å²) in [6.07, 6.45) is 3.50. The molecule has 2 aromatic heterocycles. The highest BCUT2D eigenvalue weighted by Gasteiger charge is 2.34. The number of fused-ring (bicyclic) bond motifs is 1. The molecule has 0 aromatic carbocycles. The van der Waals surface area contributed by atoms with Gasteiger partial charge in [0.25, 0.3) is 5.91 Å². The van der Waals surface area contributed by atoms with Gasteiger partial charge in [-0.2, -0.15) is 0 Å². The molecule has 26 heavy (non-hydrogen) atoms. The Morgan fingerprint density at radius 2 is 2.04 bits per heavy atom. The zero-order chi connectivity index (χ0) is 18.3. The van der Waals surface area contributed by atoms with Crippen LogP contribution in [0.2, 0.25) is 0 Å². The summed E-state index contributed by atoms with van der Waals surface area (Å²) in [6.45, 7) is 5.08. The van der Waals surface area contributed by atoms with Crippen molar-refractivity contribution in [3.05, 3.63) is 35.8 Å². The Kier molecular flexibility index (Phi) is 4.40. The minimum atomic E-state index is -0.114. The minimum absolute atomic E-state index is 0.00432. The van der Waals surface area contributed by atoms with Crippen molar-refractivity contribution >= 4 is 17.5 Å². The molecule has 2 aromatic rings. The van der Waals surface area contributed by atoms with Crippen LogP contribution in [-0.4, -0.2) is 70.3 Å². The van der Waals surface area contributed by atoms with Crippen molar-refractivity contribution in [3.8, 4) is 0 Å². The first kappa shape index (κ1) is 17.0. The number of hydrogen-bond donors (Lipinski definition) is 1. The van der Waals surface area contributed by atoms with Crippen LogP contribution in [0.1, 0.15) is 29.0 Å². The second kappa shape index (κ2) is 6.72. The molecule has 2 amide bonds. The third-order valence-electron chi connectivity index (χ3n) is 5.51. The van der Waals surface area contributed by atoms with E-state index in [1.807, 2.05) is 34.4 Å². The van der Waals surface area contributed by atoms with E-state index in [4.69, 9.17) is 0 Å². The molecular weight excluding hydrogens is 330 g/mol. The van der Waals surface area contributed by atoms with Crippen molar-refractivity contribution in [2.24, 2.45) is 5.92 Å². The lowest BCUT2D eigenvalue weighted by Crippen LogP contribution is -2.41. The average molecular weight is 355 g/mol. The third kappa shape index (κ3) is 3.07. The van der Waals surface area contributed by atoms with Crippen molar-refractivity contribution < 1.29 is 9.59 Å². The minimum Gasteiger partial charge on any atom is -0.346 e. The lowest BCUT2D eigenvalue weighted by atomic mass is 10.1. The van der Waals surface area contributed by atoms with Crippen LogP contribution in [0, 0.1) is 12.8 Å². The van der Waals surface area contributed by atoms with Crippen molar-refractivity contribution in [2.75, 3.05) is 33.2 Å². The number of aromatic nitrogens is 2. The van der Waals surface area contributed by atoms with Crippen molar-refractivity contribution in [2.45, 2.75) is 25.8 Å². The molecule has 4 heterocycles. The molecule has 0 spiro atoms. The zero-order valence-electron chi connectivity index (χ0n) is 15.3. The Morgan fingerprint density at radius 3 is 2.81 bits per heavy atom. The van der Waals surface area contributed by atoms with Crippen molar-refractivity contribution in [1.82, 2.24) is 24.5 Å². The number of nitrogens with zero attached hydrogens (tertiary/aromatic N) is 4. The molecule has 7 nitrogen and oxygen atoms in total. The van der Waals surface area contributed by atoms with Crippen LogP contribution >= 0.6 is 0 Å². The van der Waals surface area contributed by atoms with E-state index in [0.717, 1.165) is 43.8 Å². The van der Waals surface area contributed by atoms with Crippen LogP contribution < -0.4 is 5.32 Å². The SMILES string of the molecule is Cc1cnc2cccc(C(=O)N[C@@H]3CCN(C(=O)[C@H]4CCN(C)C4)C3)n12. The topological polar surface area (TPSA) is 70.0 Å². The maximum atomic E-state index is 12.8. The van der Waals surface area contributed by atoms with Gasteiger partial charge in [-0.15, -0.1) is 0 Å². The molecule has 138 valence electrons. The maximum Gasteiger partial charge on any atom is 0.268 e. The van der Waals surface area contributed by atoms with Gasteiger partial charge in [-0.05, 0) is 45.5 Å². The van der Waals surface area contributed by atoms with Gasteiger partial charge in [0.05, 0.1) is 5.92 Å². The molecule has 0 saturated carbocycles. The molecule has 0 radical (unpaired) electrons. The number of likely N-dealkylation sites (tertiary alicyclic amines) is 2. The summed E-state index contributed by atoms with van der Waals surface area (Å²) in [5.74, 6) is 0.229. The maximum absolute atomic E-state index is 12.8. The summed E-state index contributed by atoms with van der Waals surface area (Å²) < 4.78 is 1.86. The number of aryl methyl sites for hydroxylation is 1. The predicted octanol–water partition coefficient (Wildman–Crippen LogP) is 0.925. The zero-order valence-corrected chi connectivity index (χ0v) is 15.3. The molecule has 0 bridgehead atoms. The molecule has 4 rings (SSSR count). The highest BCUT2D eigenvalue weighted by atomic mass is 16.2. The second-order valence-electron chi connectivity index (χ2n) is 7.50. The molecule has 7 heteroatoms. The fourth-order valence-corrected chi connectivity index (χ4v) is 4.10. The predicted molar refractivity (Wildman–Crippen MR) is 98.0 cm³/mol. The highest BCUT2D eigenvalue weighted by Crippen LogP contribution is 2.20. The summed E-state index contributed by atoms with van der Waals surface area (Å²) in [6, 6.07) is 5.55. The monoisotopic (exact) mass is 355 g/mol. The number of carbonyl (C=O) groups excluding carboxylic acids is 2. The van der Waals surface area contributed by atoms with Gasteiger partial charge in [-0.3, -0.25) is 14.0 Å². The van der Waals surface area contributed by atoms with E-state index in [9.17, 15) is 9.59 Å². The van der Waals surface area contributed by atoms with E-state index in [2.05, 4.69) is 22.2 Å². The summed E-state index contributed by atoms with van der Waals surface area (Å²) in [7, 11) is 2.05. The first-order valence-corrected chi connectivity index (χ1v) is 9.24. The van der Waals surface area contributed by atoms with E-state index < -0.39 is 0 Å². The van der Waals surface area contributed by atoms with Crippen LogP contribution in [0.15, 0.2) is 24.4 Å². The van der Waals surface area contributed by atoms with E-state index in [0.29, 0.717) is 12.2 Å². The summed E-state index contributed by atoms with van der Waals surface area (Å²) in [5, 5.41) is 3.10. The fraction of sp³-hybridized carbons (Fsp3) is 0.526. The van der Waals surface area contributed by atoms with Gasteiger partial charge in [-0.25, -0.2) is 4.98 Å². The number of carbonyl (C=O) groups is 2. The van der Waals surface area contributed by atoms with Crippen LogP contribution in [-0.2, 0) is 4.79 Å². The van der Waals surface area contributed by atoms with Gasteiger partial charge in [0.15, 0.2) is 0 Å². The van der Waals surface area contributed by atoms with Crippen LogP contribution in [0.25, 0.3) is 5.65 Å². The van der Waals surface area contributed by atoms with E-state index >= 15 is 0 Å². The molecule has 0 aliphatic carbocycles. The Bertz CT molecular complexity index is 846. The van der Waals surface area contributed by atoms with Gasteiger partial charge < -0.3 is 15.1 Å². The van der Waals surface area contributed by atoms with Crippen LogP contribution in [0.3, 0.4) is 0 Å². The van der Waals surface area contributed by atoms with E-state index in [-0.39, 0.29) is 23.8 Å². The van der Waals surface area contributed by atoms with Gasteiger partial charge in [-0.1, -0.05) is 6.07 Å². The van der Waals surface area contributed by atoms with Crippen LogP contribution in [0.4, 0.5) is 0 Å². The smallest absolute Gasteiger partial charge is 0.268 e. The number of nitrogens with one attached hydrogen (secondary N) is 1. The first-order valence-electron chi connectivity index (χ1n) is 9.24. The average Bonchev–Trinajstić information content (AvgIpc) is 3.35. The Morgan fingerprint density at radius 1 is 1.19 bits per heavy atom. The molecule has 2 aliphatic rings. The number of imidazole rings is 1. The number of rotatable bonds is 3. The Labute approximate surface area is 153 Å². The number of amides is 2. The Hall–Kier alpha value is -2.41. The molecule has 2 saturated heterocycles.